The maximum atomic E-state index is 6.00. The van der Waals surface area contributed by atoms with Crippen LogP contribution < -0.4 is 0 Å². The van der Waals surface area contributed by atoms with Gasteiger partial charge in [0.25, 0.3) is 0 Å². The molecular formula is C11H7Cl3N2. The van der Waals surface area contributed by atoms with Gasteiger partial charge in [-0.15, -0.1) is 0 Å². The number of halogens is 3. The highest BCUT2D eigenvalue weighted by Crippen LogP contribution is 2.30. The maximum Gasteiger partial charge on any atom is 0.136 e. The fourth-order valence-electron chi connectivity index (χ4n) is 1.28. The monoisotopic (exact) mass is 272 g/mol. The lowest BCUT2D eigenvalue weighted by atomic mass is 10.1. The summed E-state index contributed by atoms with van der Waals surface area (Å²) in [6, 6.07) is 3.53. The molecule has 0 radical (unpaired) electrons. The normalized spacial score (nSPS) is 10.5. The van der Waals surface area contributed by atoms with E-state index in [9.17, 15) is 0 Å². The van der Waals surface area contributed by atoms with E-state index in [0.717, 1.165) is 16.8 Å². The van der Waals surface area contributed by atoms with E-state index < -0.39 is 0 Å². The first kappa shape index (κ1) is 11.6. The van der Waals surface area contributed by atoms with Gasteiger partial charge in [0, 0.05) is 23.5 Å². The average molecular weight is 274 g/mol. The van der Waals surface area contributed by atoms with Gasteiger partial charge in [0.2, 0.25) is 0 Å². The summed E-state index contributed by atoms with van der Waals surface area (Å²) in [5.41, 5.74) is 2.30. The second-order valence-corrected chi connectivity index (χ2v) is 4.48. The Bertz CT molecular complexity index is 541. The summed E-state index contributed by atoms with van der Waals surface area (Å²) in [6.45, 7) is 1.84. The fourth-order valence-corrected chi connectivity index (χ4v) is 1.82. The Hall–Kier alpha value is -0.830. The third-order valence-electron chi connectivity index (χ3n) is 2.14. The van der Waals surface area contributed by atoms with Crippen LogP contribution in [0.5, 0.6) is 0 Å². The van der Waals surface area contributed by atoms with Crippen LogP contribution in [0.15, 0.2) is 24.5 Å². The minimum atomic E-state index is 0.381. The standard InChI is InChI=1S/C11H7Cl3N2/c1-6-10(13)2-7(4-15-6)9-3-8(12)5-16-11(9)14/h2-5H,1H3. The maximum absolute atomic E-state index is 6.00. The van der Waals surface area contributed by atoms with Crippen molar-refractivity contribution < 1.29 is 0 Å². The number of rotatable bonds is 1. The van der Waals surface area contributed by atoms with Crippen molar-refractivity contribution >= 4 is 34.8 Å². The van der Waals surface area contributed by atoms with Gasteiger partial charge in [-0.3, -0.25) is 4.98 Å². The first-order chi connectivity index (χ1) is 7.58. The van der Waals surface area contributed by atoms with Gasteiger partial charge in [0.05, 0.1) is 15.7 Å². The molecule has 2 rings (SSSR count). The van der Waals surface area contributed by atoms with Gasteiger partial charge in [-0.1, -0.05) is 34.8 Å². The molecule has 0 fully saturated rings. The first-order valence-electron chi connectivity index (χ1n) is 4.51. The number of aryl methyl sites for hydroxylation is 1. The molecule has 0 saturated carbocycles. The molecule has 0 N–H and O–H groups in total. The second-order valence-electron chi connectivity index (χ2n) is 3.28. The Morgan fingerprint density at radius 2 is 1.75 bits per heavy atom. The predicted octanol–water partition coefficient (Wildman–Crippen LogP) is 4.41. The third kappa shape index (κ3) is 2.29. The second kappa shape index (κ2) is 4.58. The molecule has 0 atom stereocenters. The van der Waals surface area contributed by atoms with Gasteiger partial charge >= 0.3 is 0 Å². The highest BCUT2D eigenvalue weighted by atomic mass is 35.5. The van der Waals surface area contributed by atoms with Crippen molar-refractivity contribution in [2.24, 2.45) is 0 Å². The largest absolute Gasteiger partial charge is 0.259 e. The van der Waals surface area contributed by atoms with Crippen molar-refractivity contribution in [2.75, 3.05) is 0 Å². The third-order valence-corrected chi connectivity index (χ3v) is 3.03. The number of aromatic nitrogens is 2. The summed E-state index contributed by atoms with van der Waals surface area (Å²) in [7, 11) is 0. The van der Waals surface area contributed by atoms with E-state index in [1.165, 1.54) is 6.20 Å². The number of nitrogens with zero attached hydrogens (tertiary/aromatic N) is 2. The van der Waals surface area contributed by atoms with E-state index >= 15 is 0 Å². The molecule has 0 bridgehead atoms. The summed E-state index contributed by atoms with van der Waals surface area (Å²) in [4.78, 5) is 8.13. The Kier molecular flexibility index (Phi) is 3.33. The topological polar surface area (TPSA) is 25.8 Å². The van der Waals surface area contributed by atoms with Crippen molar-refractivity contribution in [3.63, 3.8) is 0 Å². The summed E-state index contributed by atoms with van der Waals surface area (Å²) >= 11 is 17.8. The van der Waals surface area contributed by atoms with Crippen LogP contribution in [0.3, 0.4) is 0 Å². The fraction of sp³-hybridized carbons (Fsp3) is 0.0909. The van der Waals surface area contributed by atoms with Crippen LogP contribution in [0, 0.1) is 6.92 Å². The Balaban J connectivity index is 2.58. The van der Waals surface area contributed by atoms with Gasteiger partial charge in [0.1, 0.15) is 5.15 Å². The molecule has 2 aromatic rings. The minimum Gasteiger partial charge on any atom is -0.259 e. The minimum absolute atomic E-state index is 0.381. The Morgan fingerprint density at radius 3 is 2.44 bits per heavy atom. The lowest BCUT2D eigenvalue weighted by molar-refractivity contribution is 1.20. The van der Waals surface area contributed by atoms with Crippen LogP contribution in [-0.2, 0) is 0 Å². The predicted molar refractivity (Wildman–Crippen MR) is 67.2 cm³/mol. The van der Waals surface area contributed by atoms with E-state index in [1.54, 1.807) is 18.3 Å². The zero-order valence-corrected chi connectivity index (χ0v) is 10.6. The van der Waals surface area contributed by atoms with Crippen LogP contribution in [-0.4, -0.2) is 9.97 Å². The van der Waals surface area contributed by atoms with E-state index in [2.05, 4.69) is 9.97 Å². The lowest BCUT2D eigenvalue weighted by Gasteiger charge is -2.05. The lowest BCUT2D eigenvalue weighted by Crippen LogP contribution is -1.88. The van der Waals surface area contributed by atoms with Gasteiger partial charge < -0.3 is 0 Å². The van der Waals surface area contributed by atoms with Crippen molar-refractivity contribution in [3.05, 3.63) is 45.4 Å². The molecule has 0 aliphatic carbocycles. The van der Waals surface area contributed by atoms with Gasteiger partial charge in [0.15, 0.2) is 0 Å². The number of pyridine rings is 2. The molecule has 0 spiro atoms. The molecular weight excluding hydrogens is 266 g/mol. The molecule has 2 aromatic heterocycles. The van der Waals surface area contributed by atoms with Crippen LogP contribution in [0.1, 0.15) is 5.69 Å². The van der Waals surface area contributed by atoms with Gasteiger partial charge in [-0.2, -0.15) is 0 Å². The molecule has 5 heteroatoms. The highest BCUT2D eigenvalue weighted by Gasteiger charge is 2.07. The van der Waals surface area contributed by atoms with Crippen molar-refractivity contribution in [2.45, 2.75) is 6.92 Å². The molecule has 0 aliphatic rings. The summed E-state index contributed by atoms with van der Waals surface area (Å²) in [5.74, 6) is 0. The smallest absolute Gasteiger partial charge is 0.136 e. The van der Waals surface area contributed by atoms with Gasteiger partial charge in [-0.05, 0) is 19.1 Å². The Morgan fingerprint density at radius 1 is 1.00 bits per heavy atom. The van der Waals surface area contributed by atoms with Gasteiger partial charge in [-0.25, -0.2) is 4.98 Å². The van der Waals surface area contributed by atoms with Crippen molar-refractivity contribution in [1.82, 2.24) is 9.97 Å². The van der Waals surface area contributed by atoms with Crippen molar-refractivity contribution in [1.29, 1.82) is 0 Å². The van der Waals surface area contributed by atoms with E-state index in [1.807, 2.05) is 6.92 Å². The average Bonchev–Trinajstić information content (AvgIpc) is 2.26. The zero-order chi connectivity index (χ0) is 11.7. The molecule has 0 aliphatic heterocycles. The zero-order valence-electron chi connectivity index (χ0n) is 8.34. The molecule has 2 heterocycles. The molecule has 82 valence electrons. The summed E-state index contributed by atoms with van der Waals surface area (Å²) < 4.78 is 0. The van der Waals surface area contributed by atoms with E-state index in [4.69, 9.17) is 34.8 Å². The van der Waals surface area contributed by atoms with Crippen LogP contribution in [0.25, 0.3) is 11.1 Å². The summed E-state index contributed by atoms with van der Waals surface area (Å²) in [6.07, 6.45) is 3.19. The molecule has 0 unspecified atom stereocenters. The number of hydrogen-bond acceptors (Lipinski definition) is 2. The van der Waals surface area contributed by atoms with Crippen LogP contribution >= 0.6 is 34.8 Å². The van der Waals surface area contributed by atoms with Crippen LogP contribution in [0.2, 0.25) is 15.2 Å². The molecule has 2 nitrogen and oxygen atoms in total. The Labute approximate surface area is 108 Å². The van der Waals surface area contributed by atoms with Crippen molar-refractivity contribution in [3.8, 4) is 11.1 Å². The number of hydrogen-bond donors (Lipinski definition) is 0. The molecule has 0 aromatic carbocycles. The van der Waals surface area contributed by atoms with E-state index in [-0.39, 0.29) is 0 Å². The molecule has 16 heavy (non-hydrogen) atoms. The van der Waals surface area contributed by atoms with E-state index in [0.29, 0.717) is 15.2 Å². The highest BCUT2D eigenvalue weighted by molar-refractivity contribution is 6.34. The first-order valence-corrected chi connectivity index (χ1v) is 5.65. The quantitative estimate of drug-likeness (QED) is 0.719. The molecule has 0 amide bonds. The summed E-state index contributed by atoms with van der Waals surface area (Å²) in [5, 5.41) is 1.50. The van der Waals surface area contributed by atoms with Crippen LogP contribution in [0.4, 0.5) is 0 Å². The molecule has 0 saturated heterocycles. The SMILES string of the molecule is Cc1ncc(-c2cc(Cl)cnc2Cl)cc1Cl.